The van der Waals surface area contributed by atoms with E-state index in [0.717, 1.165) is 12.2 Å². The van der Waals surface area contributed by atoms with Gasteiger partial charge < -0.3 is 10.1 Å². The minimum Gasteiger partial charge on any atom is -0.491 e. The monoisotopic (exact) mass is 247 g/mol. The lowest BCUT2D eigenvalue weighted by Gasteiger charge is -2.10. The van der Waals surface area contributed by atoms with Crippen LogP contribution in [-0.2, 0) is 0 Å². The molecule has 0 heterocycles. The molecular weight excluding hydrogens is 226 g/mol. The number of hydrogen-bond donors (Lipinski definition) is 1. The first-order valence-electron chi connectivity index (χ1n) is 6.29. The van der Waals surface area contributed by atoms with Gasteiger partial charge in [-0.2, -0.15) is 0 Å². The predicted octanol–water partition coefficient (Wildman–Crippen LogP) is 3.17. The molecule has 1 rings (SSSR count). The second-order valence-electron chi connectivity index (χ2n) is 4.30. The molecule has 0 unspecified atom stereocenters. The third kappa shape index (κ3) is 5.04. The maximum Gasteiger partial charge on any atom is 0.251 e. The number of amides is 1. The number of hydrogen-bond acceptors (Lipinski definition) is 2. The third-order valence-electron chi connectivity index (χ3n) is 2.32. The predicted molar refractivity (Wildman–Crippen MR) is 74.0 cm³/mol. The van der Waals surface area contributed by atoms with Crippen molar-refractivity contribution in [1.29, 1.82) is 0 Å². The molecule has 0 bridgehead atoms. The van der Waals surface area contributed by atoms with Gasteiger partial charge in [0.25, 0.3) is 5.91 Å². The summed E-state index contributed by atoms with van der Waals surface area (Å²) >= 11 is 0. The van der Waals surface area contributed by atoms with Gasteiger partial charge in [-0.15, -0.1) is 0 Å². The molecule has 1 aromatic rings. The summed E-state index contributed by atoms with van der Waals surface area (Å²) in [5.74, 6) is 0.742. The van der Waals surface area contributed by atoms with Gasteiger partial charge in [0.2, 0.25) is 0 Å². The van der Waals surface area contributed by atoms with E-state index < -0.39 is 0 Å². The molecule has 18 heavy (non-hydrogen) atoms. The molecule has 0 radical (unpaired) electrons. The molecule has 0 atom stereocenters. The lowest BCUT2D eigenvalue weighted by molar-refractivity contribution is 0.0954. The first-order valence-corrected chi connectivity index (χ1v) is 6.29. The van der Waals surface area contributed by atoms with Crippen molar-refractivity contribution >= 4 is 5.91 Å². The van der Waals surface area contributed by atoms with Crippen LogP contribution in [0, 0.1) is 0 Å². The minimum absolute atomic E-state index is 0.0457. The Kier molecular flexibility index (Phi) is 5.98. The zero-order valence-electron chi connectivity index (χ0n) is 11.3. The summed E-state index contributed by atoms with van der Waals surface area (Å²) < 4.78 is 5.52. The molecule has 0 aliphatic carbocycles. The summed E-state index contributed by atoms with van der Waals surface area (Å²) in [4.78, 5) is 11.8. The molecule has 3 nitrogen and oxygen atoms in total. The number of rotatable bonds is 6. The zero-order chi connectivity index (χ0) is 13.4. The van der Waals surface area contributed by atoms with Crippen LogP contribution in [0.25, 0.3) is 0 Å². The van der Waals surface area contributed by atoms with Crippen LogP contribution in [0.2, 0.25) is 0 Å². The molecule has 0 spiro atoms. The largest absolute Gasteiger partial charge is 0.491 e. The van der Waals surface area contributed by atoms with E-state index >= 15 is 0 Å². The van der Waals surface area contributed by atoms with Crippen LogP contribution in [0.1, 0.15) is 37.6 Å². The van der Waals surface area contributed by atoms with Gasteiger partial charge in [-0.25, -0.2) is 0 Å². The van der Waals surface area contributed by atoms with Gasteiger partial charge in [-0.05, 0) is 51.5 Å². The molecule has 0 saturated heterocycles. The van der Waals surface area contributed by atoms with E-state index in [1.807, 2.05) is 45.1 Å². The molecule has 0 aliphatic rings. The molecule has 0 aliphatic heterocycles. The molecule has 0 fully saturated rings. The van der Waals surface area contributed by atoms with Crippen LogP contribution in [0.15, 0.2) is 36.4 Å². The van der Waals surface area contributed by atoms with E-state index in [0.29, 0.717) is 12.1 Å². The van der Waals surface area contributed by atoms with Crippen LogP contribution in [0.5, 0.6) is 5.75 Å². The van der Waals surface area contributed by atoms with Gasteiger partial charge >= 0.3 is 0 Å². The quantitative estimate of drug-likeness (QED) is 0.619. The fourth-order valence-electron chi connectivity index (χ4n) is 1.49. The fourth-order valence-corrected chi connectivity index (χ4v) is 1.49. The van der Waals surface area contributed by atoms with Crippen molar-refractivity contribution in [2.45, 2.75) is 33.3 Å². The van der Waals surface area contributed by atoms with Gasteiger partial charge in [-0.3, -0.25) is 4.79 Å². The van der Waals surface area contributed by atoms with Crippen LogP contribution < -0.4 is 10.1 Å². The maximum absolute atomic E-state index is 11.8. The Balaban J connectivity index is 2.48. The summed E-state index contributed by atoms with van der Waals surface area (Å²) in [6, 6.07) is 7.20. The highest BCUT2D eigenvalue weighted by molar-refractivity contribution is 5.94. The summed E-state index contributed by atoms with van der Waals surface area (Å²) in [6.07, 6.45) is 5.01. The highest BCUT2D eigenvalue weighted by Gasteiger charge is 2.04. The molecule has 1 amide bonds. The molecule has 1 N–H and O–H groups in total. The second kappa shape index (κ2) is 7.54. The summed E-state index contributed by atoms with van der Waals surface area (Å²) in [7, 11) is 0. The smallest absolute Gasteiger partial charge is 0.251 e. The second-order valence-corrected chi connectivity index (χ2v) is 4.30. The van der Waals surface area contributed by atoms with Crippen molar-refractivity contribution in [1.82, 2.24) is 5.32 Å². The number of carbonyl (C=O) groups excluding carboxylic acids is 1. The first-order chi connectivity index (χ1) is 8.63. The number of ether oxygens (including phenoxy) is 1. The standard InChI is InChI=1S/C15H21NO2/c1-4-5-6-11-16-15(17)13-7-9-14(10-8-13)18-12(2)3/h4-5,7-10,12H,6,11H2,1-3H3,(H,16,17)/b5-4+. The first kappa shape index (κ1) is 14.3. The average Bonchev–Trinajstić information content (AvgIpc) is 2.34. The summed E-state index contributed by atoms with van der Waals surface area (Å²) in [5, 5.41) is 2.86. The highest BCUT2D eigenvalue weighted by Crippen LogP contribution is 2.13. The van der Waals surface area contributed by atoms with Crippen LogP contribution >= 0.6 is 0 Å². The molecule has 0 saturated carbocycles. The van der Waals surface area contributed by atoms with Gasteiger partial charge in [-0.1, -0.05) is 12.2 Å². The lowest BCUT2D eigenvalue weighted by Crippen LogP contribution is -2.24. The molecule has 3 heteroatoms. The number of benzene rings is 1. The minimum atomic E-state index is -0.0457. The van der Waals surface area contributed by atoms with Crippen LogP contribution in [-0.4, -0.2) is 18.6 Å². The van der Waals surface area contributed by atoms with E-state index in [-0.39, 0.29) is 12.0 Å². The van der Waals surface area contributed by atoms with Crippen molar-refractivity contribution in [3.63, 3.8) is 0 Å². The zero-order valence-corrected chi connectivity index (χ0v) is 11.3. The maximum atomic E-state index is 11.8. The van der Waals surface area contributed by atoms with Crippen molar-refractivity contribution in [2.75, 3.05) is 6.54 Å². The van der Waals surface area contributed by atoms with E-state index in [2.05, 4.69) is 5.32 Å². The van der Waals surface area contributed by atoms with Gasteiger partial charge in [0.15, 0.2) is 0 Å². The topological polar surface area (TPSA) is 38.3 Å². The Labute approximate surface area is 109 Å². The normalized spacial score (nSPS) is 10.9. The molecule has 98 valence electrons. The summed E-state index contributed by atoms with van der Waals surface area (Å²) in [6.45, 7) is 6.58. The number of carbonyl (C=O) groups is 1. The number of nitrogens with one attached hydrogen (secondary N) is 1. The van der Waals surface area contributed by atoms with Crippen molar-refractivity contribution in [3.8, 4) is 5.75 Å². The van der Waals surface area contributed by atoms with Crippen LogP contribution in [0.4, 0.5) is 0 Å². The van der Waals surface area contributed by atoms with E-state index in [1.165, 1.54) is 0 Å². The Bertz CT molecular complexity index is 393. The van der Waals surface area contributed by atoms with E-state index in [4.69, 9.17) is 4.74 Å². The average molecular weight is 247 g/mol. The summed E-state index contributed by atoms with van der Waals surface area (Å²) in [5.41, 5.74) is 0.659. The third-order valence-corrected chi connectivity index (χ3v) is 2.32. The Morgan fingerprint density at radius 2 is 2.00 bits per heavy atom. The SMILES string of the molecule is C/C=C/CCNC(=O)c1ccc(OC(C)C)cc1. The van der Waals surface area contributed by atoms with Gasteiger partial charge in [0.05, 0.1) is 6.10 Å². The fraction of sp³-hybridized carbons (Fsp3) is 0.400. The lowest BCUT2D eigenvalue weighted by atomic mass is 10.2. The van der Waals surface area contributed by atoms with Crippen molar-refractivity contribution in [3.05, 3.63) is 42.0 Å². The molecule has 1 aromatic carbocycles. The van der Waals surface area contributed by atoms with Gasteiger partial charge in [0.1, 0.15) is 5.75 Å². The van der Waals surface area contributed by atoms with Crippen molar-refractivity contribution < 1.29 is 9.53 Å². The molecular formula is C15H21NO2. The van der Waals surface area contributed by atoms with Crippen molar-refractivity contribution in [2.24, 2.45) is 0 Å². The van der Waals surface area contributed by atoms with E-state index in [9.17, 15) is 4.79 Å². The number of allylic oxidation sites excluding steroid dienone is 1. The van der Waals surface area contributed by atoms with Crippen LogP contribution in [0.3, 0.4) is 0 Å². The van der Waals surface area contributed by atoms with E-state index in [1.54, 1.807) is 12.1 Å². The van der Waals surface area contributed by atoms with Gasteiger partial charge in [0, 0.05) is 12.1 Å². The Hall–Kier alpha value is -1.77. The highest BCUT2D eigenvalue weighted by atomic mass is 16.5. The Morgan fingerprint density at radius 1 is 1.33 bits per heavy atom. The molecule has 0 aromatic heterocycles. The Morgan fingerprint density at radius 3 is 2.56 bits per heavy atom.